The van der Waals surface area contributed by atoms with Crippen LogP contribution < -0.4 is 0 Å². The van der Waals surface area contributed by atoms with E-state index in [-0.39, 0.29) is 20.3 Å². The van der Waals surface area contributed by atoms with Crippen LogP contribution in [0, 0.1) is 11.8 Å². The molecule has 0 atom stereocenters. The molecule has 1 saturated heterocycles. The van der Waals surface area contributed by atoms with Crippen molar-refractivity contribution < 1.29 is 8.78 Å². The van der Waals surface area contributed by atoms with E-state index in [0.717, 1.165) is 30.2 Å². The van der Waals surface area contributed by atoms with E-state index in [1.54, 1.807) is 24.2 Å². The molecule has 1 aliphatic carbocycles. The van der Waals surface area contributed by atoms with E-state index in [1.165, 1.54) is 76.7 Å². The molecule has 0 unspecified atom stereocenters. The quantitative estimate of drug-likeness (QED) is 0.224. The lowest BCUT2D eigenvalue weighted by atomic mass is 9.76. The van der Waals surface area contributed by atoms with Crippen LogP contribution in [0.5, 0.6) is 0 Å². The van der Waals surface area contributed by atoms with Gasteiger partial charge in [-0.3, -0.25) is 0 Å². The monoisotopic (exact) mass is 468 g/mol. The molecule has 31 heavy (non-hydrogen) atoms. The fourth-order valence-electron chi connectivity index (χ4n) is 6.23. The maximum absolute atomic E-state index is 13.4. The molecule has 1 aromatic carbocycles. The summed E-state index contributed by atoms with van der Waals surface area (Å²) in [5.74, 6) is 2.11. The molecule has 4 heteroatoms. The number of unbranched alkanes of at least 4 members (excludes halogenated alkanes) is 3. The van der Waals surface area contributed by atoms with Crippen LogP contribution in [-0.2, 0) is 0 Å². The van der Waals surface area contributed by atoms with E-state index in [1.807, 2.05) is 6.07 Å². The summed E-state index contributed by atoms with van der Waals surface area (Å²) in [6.45, 7) is 2.31. The Bertz CT molecular complexity index is 634. The highest BCUT2D eigenvalue weighted by molar-refractivity contribution is 6.58. The van der Waals surface area contributed by atoms with Gasteiger partial charge in [0, 0.05) is 19.4 Å². The second-order valence-corrected chi connectivity index (χ2v) is 14.4. The van der Waals surface area contributed by atoms with E-state index in [4.69, 9.17) is 11.6 Å². The average molecular weight is 469 g/mol. The molecule has 1 aromatic rings. The fraction of sp³-hybridized carbons (Fsp3) is 0.778. The summed E-state index contributed by atoms with van der Waals surface area (Å²) in [6.07, 6.45) is 15.0. The topological polar surface area (TPSA) is 0 Å². The molecule has 0 amide bonds. The van der Waals surface area contributed by atoms with Crippen LogP contribution in [0.15, 0.2) is 18.2 Å². The summed E-state index contributed by atoms with van der Waals surface area (Å²) < 4.78 is 26.9. The van der Waals surface area contributed by atoms with E-state index < -0.39 is 6.43 Å². The zero-order valence-corrected chi connectivity index (χ0v) is 21.5. The third-order valence-corrected chi connectivity index (χ3v) is 12.0. The van der Waals surface area contributed by atoms with Gasteiger partial charge in [0.25, 0.3) is 6.43 Å². The molecule has 176 valence electrons. The molecule has 0 bridgehead atoms. The Balaban J connectivity index is 1.30. The maximum atomic E-state index is 13.4. The van der Waals surface area contributed by atoms with Crippen LogP contribution in [0.25, 0.3) is 0 Å². The Hall–Kier alpha value is -0.413. The Morgan fingerprint density at radius 3 is 2.16 bits per heavy atom. The van der Waals surface area contributed by atoms with Crippen LogP contribution in [0.4, 0.5) is 8.78 Å². The van der Waals surface area contributed by atoms with Crippen molar-refractivity contribution in [2.24, 2.45) is 11.8 Å². The smallest absolute Gasteiger partial charge is 0.205 e. The molecule has 0 radical (unpaired) electrons. The lowest BCUT2D eigenvalue weighted by molar-refractivity contribution is 0.148. The predicted octanol–water partition coefficient (Wildman–Crippen LogP) is 9.94. The van der Waals surface area contributed by atoms with Crippen molar-refractivity contribution in [1.29, 1.82) is 0 Å². The SMILES string of the molecule is CCCCC[SiH]1CCC(CCCCC2CCC(c3ccc(Cl)cc3C(F)F)CC2)CC1. The normalized spacial score (nSPS) is 27.0. The first-order chi connectivity index (χ1) is 15.1. The molecule has 1 heterocycles. The van der Waals surface area contributed by atoms with Crippen molar-refractivity contribution in [1.82, 2.24) is 0 Å². The number of hydrogen-bond donors (Lipinski definition) is 0. The highest BCUT2D eigenvalue weighted by atomic mass is 35.5. The van der Waals surface area contributed by atoms with Gasteiger partial charge < -0.3 is 0 Å². The van der Waals surface area contributed by atoms with Crippen molar-refractivity contribution in [3.8, 4) is 0 Å². The molecule has 0 N–H and O–H groups in total. The first-order valence-corrected chi connectivity index (χ1v) is 16.0. The summed E-state index contributed by atoms with van der Waals surface area (Å²) in [6, 6.07) is 9.92. The van der Waals surface area contributed by atoms with Crippen molar-refractivity contribution >= 4 is 20.4 Å². The molecular formula is C27H43ClF2Si. The standard InChI is InChI=1S/C27H43ClF2Si/c1-2-3-6-17-31-18-15-22(16-19-31)8-5-4-7-21-9-11-23(12-10-21)25-14-13-24(28)20-26(25)27(29)30/h13-14,20-23,27,31H,2-12,15-19H2,1H3. The van der Waals surface area contributed by atoms with Crippen molar-refractivity contribution in [3.05, 3.63) is 34.3 Å². The van der Waals surface area contributed by atoms with Gasteiger partial charge in [-0.2, -0.15) is 0 Å². The fourth-order valence-corrected chi connectivity index (χ4v) is 10.0. The zero-order chi connectivity index (χ0) is 22.1. The molecular weight excluding hydrogens is 426 g/mol. The Labute approximate surface area is 196 Å². The maximum Gasteiger partial charge on any atom is 0.264 e. The molecule has 2 aliphatic rings. The lowest BCUT2D eigenvalue weighted by Gasteiger charge is -2.30. The summed E-state index contributed by atoms with van der Waals surface area (Å²) >= 11 is 5.95. The van der Waals surface area contributed by atoms with E-state index in [2.05, 4.69) is 6.92 Å². The van der Waals surface area contributed by atoms with Crippen LogP contribution in [0.3, 0.4) is 0 Å². The van der Waals surface area contributed by atoms with Crippen LogP contribution in [0.1, 0.15) is 114 Å². The highest BCUT2D eigenvalue weighted by Gasteiger charge is 2.26. The predicted molar refractivity (Wildman–Crippen MR) is 133 cm³/mol. The van der Waals surface area contributed by atoms with E-state index in [9.17, 15) is 8.78 Å². The van der Waals surface area contributed by atoms with E-state index in [0.29, 0.717) is 5.02 Å². The van der Waals surface area contributed by atoms with Crippen LogP contribution >= 0.6 is 11.6 Å². The van der Waals surface area contributed by atoms with Crippen molar-refractivity contribution in [2.45, 2.75) is 121 Å². The zero-order valence-electron chi connectivity index (χ0n) is 19.6. The number of halogens is 3. The minimum atomic E-state index is -2.43. The van der Waals surface area contributed by atoms with Gasteiger partial charge in [-0.25, -0.2) is 8.78 Å². The van der Waals surface area contributed by atoms with Gasteiger partial charge in [0.05, 0.1) is 0 Å². The van der Waals surface area contributed by atoms with Crippen molar-refractivity contribution in [3.63, 3.8) is 0 Å². The lowest BCUT2D eigenvalue weighted by Crippen LogP contribution is -2.21. The minimum absolute atomic E-state index is 0.152. The molecule has 2 fully saturated rings. The number of rotatable bonds is 11. The summed E-state index contributed by atoms with van der Waals surface area (Å²) in [7, 11) is -0.360. The second kappa shape index (κ2) is 13.3. The average Bonchev–Trinajstić information content (AvgIpc) is 2.78. The third kappa shape index (κ3) is 8.14. The Kier molecular flexibility index (Phi) is 10.8. The largest absolute Gasteiger partial charge is 0.264 e. The summed E-state index contributed by atoms with van der Waals surface area (Å²) in [4.78, 5) is 0. The summed E-state index contributed by atoms with van der Waals surface area (Å²) in [5.41, 5.74) is 0.991. The molecule has 0 aromatic heterocycles. The molecule has 0 nitrogen and oxygen atoms in total. The van der Waals surface area contributed by atoms with Gasteiger partial charge in [0.1, 0.15) is 0 Å². The first kappa shape index (κ1) is 25.2. The molecule has 0 spiro atoms. The molecule has 1 aliphatic heterocycles. The number of hydrogen-bond acceptors (Lipinski definition) is 0. The van der Waals surface area contributed by atoms with Gasteiger partial charge >= 0.3 is 0 Å². The van der Waals surface area contributed by atoms with E-state index >= 15 is 0 Å². The van der Waals surface area contributed by atoms with Crippen LogP contribution in [-0.4, -0.2) is 8.80 Å². The Morgan fingerprint density at radius 1 is 0.903 bits per heavy atom. The number of benzene rings is 1. The molecule has 1 saturated carbocycles. The summed E-state index contributed by atoms with van der Waals surface area (Å²) in [5, 5.41) is 0.417. The number of alkyl halides is 2. The Morgan fingerprint density at radius 2 is 1.55 bits per heavy atom. The minimum Gasteiger partial charge on any atom is -0.205 e. The first-order valence-electron chi connectivity index (χ1n) is 13.1. The van der Waals surface area contributed by atoms with Gasteiger partial charge in [-0.1, -0.05) is 101 Å². The third-order valence-electron chi connectivity index (χ3n) is 8.23. The van der Waals surface area contributed by atoms with Gasteiger partial charge in [0.2, 0.25) is 0 Å². The van der Waals surface area contributed by atoms with Gasteiger partial charge in [-0.05, 0) is 61.1 Å². The van der Waals surface area contributed by atoms with Gasteiger partial charge in [-0.15, -0.1) is 0 Å². The van der Waals surface area contributed by atoms with Crippen LogP contribution in [0.2, 0.25) is 23.2 Å². The second-order valence-electron chi connectivity index (χ2n) is 10.5. The molecule has 3 rings (SSSR count). The highest BCUT2D eigenvalue weighted by Crippen LogP contribution is 2.41. The van der Waals surface area contributed by atoms with Gasteiger partial charge in [0.15, 0.2) is 0 Å². The van der Waals surface area contributed by atoms with Crippen molar-refractivity contribution in [2.75, 3.05) is 0 Å².